The Kier molecular flexibility index (Phi) is 6.37. The molecule has 1 aliphatic rings. The standard InChI is InChI=1S/C21H26ClN3O2/c1-16-8-9-18(12-19(16)22)23-20(27)24-21(15-26)10-5-11-25(14-21)13-17-6-3-2-4-7-17/h2-4,6-9,12,26H,5,10-11,13-15H2,1H3,(H2,23,24,27). The lowest BCUT2D eigenvalue weighted by molar-refractivity contribution is 0.0712. The number of nitrogens with zero attached hydrogens (tertiary/aromatic N) is 1. The van der Waals surface area contributed by atoms with Crippen LogP contribution in [0.5, 0.6) is 0 Å². The highest BCUT2D eigenvalue weighted by molar-refractivity contribution is 6.31. The van der Waals surface area contributed by atoms with Crippen molar-refractivity contribution in [1.29, 1.82) is 0 Å². The number of urea groups is 1. The van der Waals surface area contributed by atoms with Gasteiger partial charge in [0.2, 0.25) is 0 Å². The van der Waals surface area contributed by atoms with Gasteiger partial charge in [-0.1, -0.05) is 48.0 Å². The Morgan fingerprint density at radius 1 is 1.26 bits per heavy atom. The van der Waals surface area contributed by atoms with Gasteiger partial charge in [-0.05, 0) is 49.6 Å². The summed E-state index contributed by atoms with van der Waals surface area (Å²) in [5, 5.41) is 16.5. The first-order valence-electron chi connectivity index (χ1n) is 9.22. The third-order valence-electron chi connectivity index (χ3n) is 5.02. The Balaban J connectivity index is 1.63. The quantitative estimate of drug-likeness (QED) is 0.731. The lowest BCUT2D eigenvalue weighted by Gasteiger charge is -2.42. The molecule has 3 N–H and O–H groups in total. The molecule has 2 aromatic rings. The second kappa shape index (κ2) is 8.74. The van der Waals surface area contributed by atoms with Crippen molar-refractivity contribution in [3.63, 3.8) is 0 Å². The molecule has 0 aromatic heterocycles. The van der Waals surface area contributed by atoms with Crippen molar-refractivity contribution in [2.75, 3.05) is 25.0 Å². The van der Waals surface area contributed by atoms with Crippen molar-refractivity contribution < 1.29 is 9.90 Å². The predicted octanol–water partition coefficient (Wildman–Crippen LogP) is 3.80. The first-order chi connectivity index (χ1) is 13.0. The zero-order valence-electron chi connectivity index (χ0n) is 15.5. The van der Waals surface area contributed by atoms with E-state index in [-0.39, 0.29) is 12.6 Å². The summed E-state index contributed by atoms with van der Waals surface area (Å²) >= 11 is 6.12. The maximum atomic E-state index is 12.5. The van der Waals surface area contributed by atoms with Crippen LogP contribution in [0.1, 0.15) is 24.0 Å². The summed E-state index contributed by atoms with van der Waals surface area (Å²) in [6, 6.07) is 15.3. The zero-order valence-corrected chi connectivity index (χ0v) is 16.3. The molecule has 1 fully saturated rings. The number of hydrogen-bond donors (Lipinski definition) is 3. The number of aliphatic hydroxyl groups is 1. The van der Waals surface area contributed by atoms with Crippen molar-refractivity contribution in [3.8, 4) is 0 Å². The summed E-state index contributed by atoms with van der Waals surface area (Å²) in [6.07, 6.45) is 1.67. The van der Waals surface area contributed by atoms with Gasteiger partial charge in [0, 0.05) is 23.8 Å². The fourth-order valence-corrected chi connectivity index (χ4v) is 3.73. The van der Waals surface area contributed by atoms with Crippen molar-refractivity contribution in [2.24, 2.45) is 0 Å². The second-order valence-corrected chi connectivity index (χ2v) is 7.69. The summed E-state index contributed by atoms with van der Waals surface area (Å²) in [5.41, 5.74) is 2.17. The number of likely N-dealkylation sites (tertiary alicyclic amines) is 1. The molecule has 144 valence electrons. The van der Waals surface area contributed by atoms with Gasteiger partial charge in [0.25, 0.3) is 0 Å². The number of benzene rings is 2. The number of aliphatic hydroxyl groups excluding tert-OH is 1. The molecule has 0 radical (unpaired) electrons. The van der Waals surface area contributed by atoms with Crippen LogP contribution in [0.25, 0.3) is 0 Å². The second-order valence-electron chi connectivity index (χ2n) is 7.28. The van der Waals surface area contributed by atoms with E-state index < -0.39 is 5.54 Å². The molecule has 0 saturated carbocycles. The number of carbonyl (C=O) groups excluding carboxylic acids is 1. The van der Waals surface area contributed by atoms with E-state index in [1.807, 2.05) is 37.3 Å². The number of carbonyl (C=O) groups is 1. The summed E-state index contributed by atoms with van der Waals surface area (Å²) in [6.45, 7) is 4.18. The molecule has 1 saturated heterocycles. The minimum absolute atomic E-state index is 0.0969. The molecule has 5 nitrogen and oxygen atoms in total. The molecule has 2 amide bonds. The van der Waals surface area contributed by atoms with Gasteiger partial charge < -0.3 is 15.7 Å². The van der Waals surface area contributed by atoms with Crippen LogP contribution < -0.4 is 10.6 Å². The minimum atomic E-state index is -0.647. The van der Waals surface area contributed by atoms with Crippen LogP contribution in [-0.4, -0.2) is 41.3 Å². The Hall–Kier alpha value is -2.08. The van der Waals surface area contributed by atoms with Crippen LogP contribution in [0.15, 0.2) is 48.5 Å². The molecule has 27 heavy (non-hydrogen) atoms. The zero-order chi connectivity index (χ0) is 19.3. The number of halogens is 1. The average molecular weight is 388 g/mol. The maximum absolute atomic E-state index is 12.5. The van der Waals surface area contributed by atoms with Gasteiger partial charge in [-0.25, -0.2) is 4.79 Å². The lowest BCUT2D eigenvalue weighted by atomic mass is 9.89. The van der Waals surface area contributed by atoms with Gasteiger partial charge in [-0.3, -0.25) is 4.90 Å². The van der Waals surface area contributed by atoms with Gasteiger partial charge in [-0.2, -0.15) is 0 Å². The van der Waals surface area contributed by atoms with E-state index >= 15 is 0 Å². The number of aryl methyl sites for hydroxylation is 1. The van der Waals surface area contributed by atoms with Crippen LogP contribution in [0.4, 0.5) is 10.5 Å². The van der Waals surface area contributed by atoms with Crippen molar-refractivity contribution in [2.45, 2.75) is 31.8 Å². The van der Waals surface area contributed by atoms with Gasteiger partial charge in [0.05, 0.1) is 12.1 Å². The van der Waals surface area contributed by atoms with Crippen LogP contribution in [0.2, 0.25) is 5.02 Å². The topological polar surface area (TPSA) is 64.6 Å². The molecule has 0 spiro atoms. The molecule has 1 atom stereocenters. The van der Waals surface area contributed by atoms with Gasteiger partial charge in [0.1, 0.15) is 0 Å². The number of anilines is 1. The molecule has 6 heteroatoms. The van der Waals surface area contributed by atoms with E-state index in [2.05, 4.69) is 27.7 Å². The molecular weight excluding hydrogens is 362 g/mol. The maximum Gasteiger partial charge on any atom is 0.319 e. The van der Waals surface area contributed by atoms with Crippen molar-refractivity contribution >= 4 is 23.3 Å². The minimum Gasteiger partial charge on any atom is -0.394 e. The Morgan fingerprint density at radius 3 is 2.74 bits per heavy atom. The van der Waals surface area contributed by atoms with E-state index in [4.69, 9.17) is 11.6 Å². The van der Waals surface area contributed by atoms with Crippen LogP contribution in [0.3, 0.4) is 0 Å². The van der Waals surface area contributed by atoms with E-state index in [0.717, 1.165) is 31.5 Å². The van der Waals surface area contributed by atoms with E-state index in [1.165, 1.54) is 5.56 Å². The number of nitrogens with one attached hydrogen (secondary N) is 2. The van der Waals surface area contributed by atoms with Crippen LogP contribution in [0, 0.1) is 6.92 Å². The Bertz CT molecular complexity index is 784. The lowest BCUT2D eigenvalue weighted by Crippen LogP contribution is -2.61. The number of rotatable bonds is 5. The number of amides is 2. The average Bonchev–Trinajstić information content (AvgIpc) is 2.66. The van der Waals surface area contributed by atoms with E-state index in [9.17, 15) is 9.90 Å². The smallest absolute Gasteiger partial charge is 0.319 e. The predicted molar refractivity (Wildman–Crippen MR) is 109 cm³/mol. The van der Waals surface area contributed by atoms with Crippen molar-refractivity contribution in [3.05, 3.63) is 64.7 Å². The summed E-state index contributed by atoms with van der Waals surface area (Å²) in [7, 11) is 0. The van der Waals surface area contributed by atoms with Gasteiger partial charge in [-0.15, -0.1) is 0 Å². The monoisotopic (exact) mass is 387 g/mol. The molecule has 1 unspecified atom stereocenters. The summed E-state index contributed by atoms with van der Waals surface area (Å²) in [5.74, 6) is 0. The summed E-state index contributed by atoms with van der Waals surface area (Å²) < 4.78 is 0. The van der Waals surface area contributed by atoms with E-state index in [0.29, 0.717) is 17.3 Å². The third-order valence-corrected chi connectivity index (χ3v) is 5.42. The molecule has 2 aromatic carbocycles. The van der Waals surface area contributed by atoms with Gasteiger partial charge >= 0.3 is 6.03 Å². The summed E-state index contributed by atoms with van der Waals surface area (Å²) in [4.78, 5) is 14.8. The highest BCUT2D eigenvalue weighted by Crippen LogP contribution is 2.24. The fraction of sp³-hybridized carbons (Fsp3) is 0.381. The molecule has 1 heterocycles. The molecule has 3 rings (SSSR count). The molecule has 0 bridgehead atoms. The largest absolute Gasteiger partial charge is 0.394 e. The Morgan fingerprint density at radius 2 is 2.04 bits per heavy atom. The third kappa shape index (κ3) is 5.22. The highest BCUT2D eigenvalue weighted by Gasteiger charge is 2.36. The SMILES string of the molecule is Cc1ccc(NC(=O)NC2(CO)CCCN(Cc3ccccc3)C2)cc1Cl. The van der Waals surface area contributed by atoms with E-state index in [1.54, 1.807) is 6.07 Å². The van der Waals surface area contributed by atoms with Crippen molar-refractivity contribution in [1.82, 2.24) is 10.2 Å². The molecule has 1 aliphatic heterocycles. The van der Waals surface area contributed by atoms with Crippen LogP contribution >= 0.6 is 11.6 Å². The number of piperidine rings is 1. The first kappa shape index (κ1) is 19.7. The first-order valence-corrected chi connectivity index (χ1v) is 9.60. The van der Waals surface area contributed by atoms with Gasteiger partial charge in [0.15, 0.2) is 0 Å². The Labute approximate surface area is 165 Å². The fourth-order valence-electron chi connectivity index (χ4n) is 3.55. The number of hydrogen-bond acceptors (Lipinski definition) is 3. The molecule has 0 aliphatic carbocycles. The normalized spacial score (nSPS) is 20.3. The molecular formula is C21H26ClN3O2. The van der Waals surface area contributed by atoms with Crippen LogP contribution in [-0.2, 0) is 6.54 Å². The highest BCUT2D eigenvalue weighted by atomic mass is 35.5.